The third-order valence-corrected chi connectivity index (χ3v) is 8.33. The maximum atomic E-state index is 12.9. The first-order valence-electron chi connectivity index (χ1n) is 9.87. The van der Waals surface area contributed by atoms with Crippen LogP contribution < -0.4 is 0 Å². The number of esters is 1. The Morgan fingerprint density at radius 1 is 1.04 bits per heavy atom. The summed E-state index contributed by atoms with van der Waals surface area (Å²) in [6.07, 6.45) is 5.70. The number of hydrogen-bond acceptors (Lipinski definition) is 5. The van der Waals surface area contributed by atoms with Crippen LogP contribution in [0.15, 0.2) is 23.3 Å². The number of ketones is 2. The highest BCUT2D eigenvalue weighted by molar-refractivity contribution is 6.21. The van der Waals surface area contributed by atoms with Gasteiger partial charge in [-0.15, -0.1) is 0 Å². The van der Waals surface area contributed by atoms with Crippen molar-refractivity contribution in [3.05, 3.63) is 23.3 Å². The Labute approximate surface area is 151 Å². The molecule has 2 saturated heterocycles. The highest BCUT2D eigenvalue weighted by Crippen LogP contribution is 2.70. The zero-order valence-corrected chi connectivity index (χ0v) is 14.8. The molecule has 26 heavy (non-hydrogen) atoms. The van der Waals surface area contributed by atoms with Crippen LogP contribution in [0.2, 0.25) is 0 Å². The van der Waals surface area contributed by atoms with Crippen LogP contribution in [-0.2, 0) is 23.9 Å². The molecular formula is C21H22O5. The fourth-order valence-corrected chi connectivity index (χ4v) is 7.51. The van der Waals surface area contributed by atoms with Crippen LogP contribution >= 0.6 is 0 Å². The second kappa shape index (κ2) is 4.75. The fourth-order valence-electron chi connectivity index (χ4n) is 7.51. The van der Waals surface area contributed by atoms with Crippen LogP contribution in [0.25, 0.3) is 0 Å². The summed E-state index contributed by atoms with van der Waals surface area (Å²) in [7, 11) is 0. The normalized spacial score (nSPS) is 51.1. The molecule has 0 N–H and O–H groups in total. The summed E-state index contributed by atoms with van der Waals surface area (Å²) in [5.74, 6) is 0.775. The van der Waals surface area contributed by atoms with Crippen LogP contribution in [0.5, 0.6) is 0 Å². The minimum atomic E-state index is -0.557. The standard InChI is InChI=1S/C21H22O5/c1-9-8-25-19-16-14(23)5-4-13(22)15(16)18-17-11(20(24)26-18)2-3-12-10(9)6-7-21(12,17)19/h4-5,9-12,17-19H,2-3,6-8H2,1H3/t9-,10+,11-,12+,17-,18-,19+,21+/m1/s1. The first-order chi connectivity index (χ1) is 12.5. The van der Waals surface area contributed by atoms with Crippen LogP contribution in [0, 0.1) is 35.0 Å². The molecule has 2 aliphatic heterocycles. The lowest BCUT2D eigenvalue weighted by Crippen LogP contribution is -2.59. The Morgan fingerprint density at radius 3 is 2.62 bits per heavy atom. The average molecular weight is 354 g/mol. The minimum absolute atomic E-state index is 0.0175. The summed E-state index contributed by atoms with van der Waals surface area (Å²) < 4.78 is 12.2. The lowest BCUT2D eigenvalue weighted by atomic mass is 9.48. The number of ether oxygens (including phenoxy) is 2. The number of allylic oxidation sites excluding steroid dienone is 2. The van der Waals surface area contributed by atoms with Crippen molar-refractivity contribution < 1.29 is 23.9 Å². The summed E-state index contributed by atoms with van der Waals surface area (Å²) in [6, 6.07) is 0. The van der Waals surface area contributed by atoms with E-state index in [1.165, 1.54) is 12.2 Å². The van der Waals surface area contributed by atoms with Gasteiger partial charge >= 0.3 is 5.97 Å². The molecule has 1 spiro atoms. The van der Waals surface area contributed by atoms with Crippen LogP contribution in [0.1, 0.15) is 32.6 Å². The van der Waals surface area contributed by atoms with E-state index in [0.717, 1.165) is 25.7 Å². The highest BCUT2D eigenvalue weighted by atomic mass is 16.6. The SMILES string of the molecule is C[C@@H]1CO[C@H]2C3=C(C(=O)C=CC3=O)[C@H]3OC(=O)[C@@H]4CC[C@H]5[C@H]1CC[C@]25[C@@H]34. The molecule has 6 rings (SSSR count). The van der Waals surface area contributed by atoms with E-state index in [1.54, 1.807) is 0 Å². The molecule has 2 bridgehead atoms. The fraction of sp³-hybridized carbons (Fsp3) is 0.667. The lowest BCUT2D eigenvalue weighted by Gasteiger charge is -2.55. The molecule has 6 aliphatic rings. The molecule has 136 valence electrons. The Bertz CT molecular complexity index is 822. The van der Waals surface area contributed by atoms with Crippen LogP contribution in [-0.4, -0.2) is 36.4 Å². The smallest absolute Gasteiger partial charge is 0.310 e. The Kier molecular flexibility index (Phi) is 2.80. The van der Waals surface area contributed by atoms with E-state index >= 15 is 0 Å². The summed E-state index contributed by atoms with van der Waals surface area (Å²) in [4.78, 5) is 38.2. The van der Waals surface area contributed by atoms with Gasteiger partial charge in [-0.2, -0.15) is 0 Å². The van der Waals surface area contributed by atoms with Crippen molar-refractivity contribution in [2.24, 2.45) is 35.0 Å². The van der Waals surface area contributed by atoms with Gasteiger partial charge in [-0.05, 0) is 55.6 Å². The van der Waals surface area contributed by atoms with E-state index in [-0.39, 0.29) is 40.9 Å². The minimum Gasteiger partial charge on any atom is -0.457 e. The first-order valence-corrected chi connectivity index (χ1v) is 9.87. The van der Waals surface area contributed by atoms with Crippen LogP contribution in [0.3, 0.4) is 0 Å². The van der Waals surface area contributed by atoms with E-state index in [2.05, 4.69) is 6.92 Å². The highest BCUT2D eigenvalue weighted by Gasteiger charge is 2.72. The predicted octanol–water partition coefficient (Wildman–Crippen LogP) is 2.00. The van der Waals surface area contributed by atoms with Gasteiger partial charge in [-0.3, -0.25) is 14.4 Å². The average Bonchev–Trinajstić information content (AvgIpc) is 3.13. The third kappa shape index (κ3) is 1.52. The zero-order valence-electron chi connectivity index (χ0n) is 14.8. The second-order valence-electron chi connectivity index (χ2n) is 9.07. The number of carbonyl (C=O) groups is 3. The molecular weight excluding hydrogens is 332 g/mol. The lowest BCUT2D eigenvalue weighted by molar-refractivity contribution is -0.143. The molecule has 5 nitrogen and oxygen atoms in total. The van der Waals surface area contributed by atoms with Crippen LogP contribution in [0.4, 0.5) is 0 Å². The molecule has 5 heteroatoms. The molecule has 8 atom stereocenters. The van der Waals surface area contributed by atoms with Crippen molar-refractivity contribution in [2.75, 3.05) is 6.61 Å². The van der Waals surface area contributed by atoms with Gasteiger partial charge in [0.25, 0.3) is 0 Å². The molecule has 4 aliphatic carbocycles. The number of fused-ring (bicyclic) bond motifs is 2. The van der Waals surface area contributed by atoms with Crippen molar-refractivity contribution in [3.63, 3.8) is 0 Å². The number of carbonyl (C=O) groups excluding carboxylic acids is 3. The second-order valence-corrected chi connectivity index (χ2v) is 9.07. The van der Waals surface area contributed by atoms with E-state index in [1.807, 2.05) is 0 Å². The Morgan fingerprint density at radius 2 is 1.81 bits per heavy atom. The quantitative estimate of drug-likeness (QED) is 0.492. The van der Waals surface area contributed by atoms with Gasteiger partial charge < -0.3 is 9.47 Å². The topological polar surface area (TPSA) is 69.7 Å². The molecule has 2 heterocycles. The largest absolute Gasteiger partial charge is 0.457 e. The van der Waals surface area contributed by atoms with E-state index in [0.29, 0.717) is 35.5 Å². The maximum absolute atomic E-state index is 12.9. The molecule has 0 amide bonds. The molecule has 0 aromatic carbocycles. The zero-order chi connectivity index (χ0) is 17.8. The molecule has 2 saturated carbocycles. The van der Waals surface area contributed by atoms with Crippen molar-refractivity contribution in [2.45, 2.75) is 44.8 Å². The molecule has 0 unspecified atom stereocenters. The van der Waals surface area contributed by atoms with Gasteiger partial charge in [-0.1, -0.05) is 6.92 Å². The number of rotatable bonds is 0. The van der Waals surface area contributed by atoms with Gasteiger partial charge in [0, 0.05) is 22.5 Å². The van der Waals surface area contributed by atoms with Gasteiger partial charge in [-0.25, -0.2) is 0 Å². The summed E-state index contributed by atoms with van der Waals surface area (Å²) >= 11 is 0. The summed E-state index contributed by atoms with van der Waals surface area (Å²) in [5.41, 5.74) is 0.677. The maximum Gasteiger partial charge on any atom is 0.310 e. The van der Waals surface area contributed by atoms with Gasteiger partial charge in [0.2, 0.25) is 0 Å². The molecule has 0 radical (unpaired) electrons. The van der Waals surface area contributed by atoms with Gasteiger partial charge in [0.05, 0.1) is 18.6 Å². The molecule has 0 aromatic heterocycles. The van der Waals surface area contributed by atoms with Gasteiger partial charge in [0.15, 0.2) is 11.6 Å². The molecule has 0 aromatic rings. The first kappa shape index (κ1) is 15.3. The van der Waals surface area contributed by atoms with E-state index < -0.39 is 6.10 Å². The number of hydrogen-bond donors (Lipinski definition) is 0. The van der Waals surface area contributed by atoms with Gasteiger partial charge in [0.1, 0.15) is 6.10 Å². The Hall–Kier alpha value is -1.75. The monoisotopic (exact) mass is 354 g/mol. The Balaban J connectivity index is 1.64. The van der Waals surface area contributed by atoms with E-state index in [9.17, 15) is 14.4 Å². The van der Waals surface area contributed by atoms with E-state index in [4.69, 9.17) is 9.47 Å². The summed E-state index contributed by atoms with van der Waals surface area (Å²) in [6.45, 7) is 2.86. The molecule has 4 fully saturated rings. The van der Waals surface area contributed by atoms with Crippen molar-refractivity contribution in [1.82, 2.24) is 0 Å². The predicted molar refractivity (Wildman–Crippen MR) is 89.8 cm³/mol. The van der Waals surface area contributed by atoms with Crippen molar-refractivity contribution in [1.29, 1.82) is 0 Å². The van der Waals surface area contributed by atoms with Crippen molar-refractivity contribution in [3.8, 4) is 0 Å². The summed E-state index contributed by atoms with van der Waals surface area (Å²) in [5, 5.41) is 0. The third-order valence-electron chi connectivity index (χ3n) is 8.33. The van der Waals surface area contributed by atoms with Crippen molar-refractivity contribution >= 4 is 17.5 Å².